The number of hydrogen-bond acceptors (Lipinski definition) is 6. The van der Waals surface area contributed by atoms with Gasteiger partial charge in [-0.25, -0.2) is 36.4 Å². The number of benzene rings is 3. The van der Waals surface area contributed by atoms with Crippen LogP contribution in [0.3, 0.4) is 0 Å². The van der Waals surface area contributed by atoms with Crippen molar-refractivity contribution >= 4 is 69.2 Å². The van der Waals surface area contributed by atoms with Gasteiger partial charge in [0.05, 0.1) is 0 Å². The fourth-order valence-electron chi connectivity index (χ4n) is 4.73. The Labute approximate surface area is 398 Å². The first-order valence-corrected chi connectivity index (χ1v) is 20.1. The molecule has 0 bridgehead atoms. The Morgan fingerprint density at radius 1 is 0.228 bits per heavy atom. The Hall–Kier alpha value is -1.06. The first-order chi connectivity index (χ1) is 26.4. The molecule has 9 heteroatoms. The van der Waals surface area contributed by atoms with E-state index < -0.39 is 0 Å². The van der Waals surface area contributed by atoms with Crippen LogP contribution in [0.2, 0.25) is 0 Å². The molecule has 0 N–H and O–H groups in total. The van der Waals surface area contributed by atoms with Crippen molar-refractivity contribution in [2.75, 3.05) is 79.3 Å². The van der Waals surface area contributed by atoms with Gasteiger partial charge in [-0.3, -0.25) is 74.9 Å². The molecule has 6 fully saturated rings. The van der Waals surface area contributed by atoms with E-state index in [1.807, 2.05) is 72.8 Å². The van der Waals surface area contributed by atoms with Crippen LogP contribution in [0.15, 0.2) is 72.8 Å². The van der Waals surface area contributed by atoms with Crippen LogP contribution < -0.4 is 0 Å². The largest absolute Gasteiger partial charge is 2.00 e. The first kappa shape index (κ1) is 60.2. The van der Waals surface area contributed by atoms with Crippen LogP contribution in [-0.2, 0) is 28.4 Å². The summed E-state index contributed by atoms with van der Waals surface area (Å²) in [6, 6.07) is 23.4. The molecule has 0 unspecified atom stereocenters. The SMILES string of the molecule is C1CCOC1.C1CCOC1.C1CCOC1.C1CCOC1.C1CCOC1.C1CCOC1.[CH2-]c1ccccc1[CH2-].[CH2-]c1ccccc1[CH2-].[CH2-]c1ccccc1[CH2-].[Mg+2].[Mg+2].[Mg+2]. The molecule has 0 aliphatic carbocycles. The van der Waals surface area contributed by atoms with Crippen molar-refractivity contribution in [2.45, 2.75) is 77.0 Å². The third-order valence-corrected chi connectivity index (χ3v) is 8.32. The predicted octanol–water partition coefficient (Wildman–Crippen LogP) is 9.79. The Bertz CT molecular complexity index is 934. The molecule has 6 heterocycles. The molecule has 9 rings (SSSR count). The fraction of sp³-hybridized carbons (Fsp3) is 0.500. The van der Waals surface area contributed by atoms with Gasteiger partial charge in [-0.15, -0.1) is 36.4 Å². The van der Waals surface area contributed by atoms with Crippen LogP contribution in [0, 0.1) is 41.5 Å². The molecule has 0 spiro atoms. The molecule has 0 radical (unpaired) electrons. The van der Waals surface area contributed by atoms with Crippen LogP contribution in [0.4, 0.5) is 0 Å². The summed E-state index contributed by atoms with van der Waals surface area (Å²) in [6.07, 6.45) is 15.3. The summed E-state index contributed by atoms with van der Waals surface area (Å²) in [5, 5.41) is 0. The van der Waals surface area contributed by atoms with Crippen molar-refractivity contribution in [3.63, 3.8) is 0 Å². The van der Waals surface area contributed by atoms with Crippen molar-refractivity contribution in [2.24, 2.45) is 0 Å². The van der Waals surface area contributed by atoms with Crippen LogP contribution in [0.1, 0.15) is 110 Å². The second kappa shape index (κ2) is 46.0. The number of ether oxygens (including phenoxy) is 6. The molecule has 0 atom stereocenters. The van der Waals surface area contributed by atoms with E-state index in [1.54, 1.807) is 0 Å². The van der Waals surface area contributed by atoms with E-state index in [0.717, 1.165) is 113 Å². The van der Waals surface area contributed by atoms with E-state index in [0.29, 0.717) is 0 Å². The Morgan fingerprint density at radius 3 is 0.386 bits per heavy atom. The fourth-order valence-corrected chi connectivity index (χ4v) is 4.73. The maximum atomic E-state index is 4.94. The quantitative estimate of drug-likeness (QED) is 0.167. The zero-order valence-corrected chi connectivity index (χ0v) is 40.0. The monoisotopic (exact) mass is 816 g/mol. The molecule has 6 aliphatic heterocycles. The summed E-state index contributed by atoms with van der Waals surface area (Å²) >= 11 is 0. The molecule has 6 aliphatic rings. The topological polar surface area (TPSA) is 55.4 Å². The summed E-state index contributed by atoms with van der Waals surface area (Å²) in [7, 11) is 0. The van der Waals surface area contributed by atoms with E-state index in [2.05, 4.69) is 41.5 Å². The predicted molar refractivity (Wildman–Crippen MR) is 244 cm³/mol. The number of rotatable bonds is 0. The van der Waals surface area contributed by atoms with Gasteiger partial charge in [-0.05, 0) is 77.0 Å². The molecular formula is C48H72Mg3O6. The standard InChI is InChI=1S/3C8H8.6C4H8O.3Mg/c3*1-7-5-3-4-6-8(7)2;6*1-2-4-5-3-1;;;/h3*3-6H,1-2H2;6*1-4H2;;;/q3*-2;;;;;;;3*+2. The van der Waals surface area contributed by atoms with Crippen molar-refractivity contribution in [3.8, 4) is 0 Å². The van der Waals surface area contributed by atoms with Gasteiger partial charge in [-0.2, -0.15) is 0 Å². The van der Waals surface area contributed by atoms with Crippen LogP contribution >= 0.6 is 0 Å². The zero-order chi connectivity index (χ0) is 39.2. The molecular weight excluding hydrogens is 745 g/mol. The molecule has 0 aromatic heterocycles. The van der Waals surface area contributed by atoms with E-state index >= 15 is 0 Å². The summed E-state index contributed by atoms with van der Waals surface area (Å²) in [5.74, 6) is 0. The van der Waals surface area contributed by atoms with Gasteiger partial charge >= 0.3 is 69.2 Å². The summed E-state index contributed by atoms with van der Waals surface area (Å²) in [4.78, 5) is 0. The summed E-state index contributed by atoms with van der Waals surface area (Å²) in [5.41, 5.74) is 6.04. The van der Waals surface area contributed by atoms with Gasteiger partial charge in [0.15, 0.2) is 0 Å². The minimum Gasteiger partial charge on any atom is -0.381 e. The second-order valence-corrected chi connectivity index (χ2v) is 13.2. The molecule has 57 heavy (non-hydrogen) atoms. The van der Waals surface area contributed by atoms with Crippen molar-refractivity contribution in [1.29, 1.82) is 0 Å². The van der Waals surface area contributed by atoms with Crippen molar-refractivity contribution < 1.29 is 28.4 Å². The molecule has 0 amide bonds. The maximum Gasteiger partial charge on any atom is 2.00 e. The van der Waals surface area contributed by atoms with Crippen molar-refractivity contribution in [3.05, 3.63) is 148 Å². The van der Waals surface area contributed by atoms with Gasteiger partial charge in [-0.1, -0.05) is 0 Å². The minimum atomic E-state index is 0. The van der Waals surface area contributed by atoms with Gasteiger partial charge in [0, 0.05) is 79.3 Å². The average Bonchev–Trinajstić information content (AvgIpc) is 4.05. The molecule has 0 saturated carbocycles. The molecule has 3 aromatic rings. The first-order valence-electron chi connectivity index (χ1n) is 20.1. The maximum absolute atomic E-state index is 4.94. The molecule has 306 valence electrons. The molecule has 6 saturated heterocycles. The van der Waals surface area contributed by atoms with Crippen LogP contribution in [0.5, 0.6) is 0 Å². The third-order valence-electron chi connectivity index (χ3n) is 8.32. The smallest absolute Gasteiger partial charge is 0.381 e. The molecule has 3 aromatic carbocycles. The van der Waals surface area contributed by atoms with Crippen molar-refractivity contribution in [1.82, 2.24) is 0 Å². The summed E-state index contributed by atoms with van der Waals surface area (Å²) in [6.45, 7) is 34.5. The zero-order valence-electron chi connectivity index (χ0n) is 35.7. The van der Waals surface area contributed by atoms with E-state index in [1.165, 1.54) is 77.0 Å². The Kier molecular flexibility index (Phi) is 48.6. The van der Waals surface area contributed by atoms with E-state index in [9.17, 15) is 0 Å². The van der Waals surface area contributed by atoms with Gasteiger partial charge in [0.25, 0.3) is 0 Å². The van der Waals surface area contributed by atoms with Gasteiger partial charge < -0.3 is 28.4 Å². The van der Waals surface area contributed by atoms with E-state index in [-0.39, 0.29) is 69.2 Å². The third kappa shape index (κ3) is 40.1. The number of hydrogen-bond donors (Lipinski definition) is 0. The normalized spacial score (nSPS) is 16.4. The minimum absolute atomic E-state index is 0. The van der Waals surface area contributed by atoms with Gasteiger partial charge in [0.1, 0.15) is 0 Å². The van der Waals surface area contributed by atoms with Gasteiger partial charge in [0.2, 0.25) is 0 Å². The van der Waals surface area contributed by atoms with Crippen LogP contribution in [0.25, 0.3) is 0 Å². The molecule has 6 nitrogen and oxygen atoms in total. The average molecular weight is 818 g/mol. The second-order valence-electron chi connectivity index (χ2n) is 13.2. The summed E-state index contributed by atoms with van der Waals surface area (Å²) < 4.78 is 29.7. The van der Waals surface area contributed by atoms with Crippen LogP contribution in [-0.4, -0.2) is 148 Å². The van der Waals surface area contributed by atoms with E-state index in [4.69, 9.17) is 28.4 Å². The Morgan fingerprint density at radius 2 is 0.333 bits per heavy atom. The Balaban J connectivity index is -0.000000576.